The summed E-state index contributed by atoms with van der Waals surface area (Å²) in [7, 11) is 3.63. The summed E-state index contributed by atoms with van der Waals surface area (Å²) in [4.78, 5) is 30.3. The van der Waals surface area contributed by atoms with Gasteiger partial charge in [-0.1, -0.05) is 37.3 Å². The van der Waals surface area contributed by atoms with Crippen molar-refractivity contribution in [2.75, 3.05) is 44.5 Å². The van der Waals surface area contributed by atoms with E-state index in [0.29, 0.717) is 48.1 Å². The average molecular weight is 653 g/mol. The van der Waals surface area contributed by atoms with E-state index in [4.69, 9.17) is 14.2 Å². The van der Waals surface area contributed by atoms with E-state index in [2.05, 4.69) is 34.6 Å². The van der Waals surface area contributed by atoms with Gasteiger partial charge in [0.2, 0.25) is 5.91 Å². The van der Waals surface area contributed by atoms with Gasteiger partial charge in [0.15, 0.2) is 0 Å². The van der Waals surface area contributed by atoms with Crippen LogP contribution in [0.2, 0.25) is 0 Å². The van der Waals surface area contributed by atoms with Crippen LogP contribution in [0, 0.1) is 5.92 Å². The van der Waals surface area contributed by atoms with Crippen molar-refractivity contribution in [2.45, 2.75) is 39.0 Å². The lowest BCUT2D eigenvalue weighted by Crippen LogP contribution is -2.47. The summed E-state index contributed by atoms with van der Waals surface area (Å²) >= 11 is 0. The summed E-state index contributed by atoms with van der Waals surface area (Å²) in [6.07, 6.45) is -0.187. The molecular weight excluding hydrogens is 608 g/mol. The van der Waals surface area contributed by atoms with Crippen LogP contribution >= 0.6 is 0 Å². The molecule has 0 saturated carbocycles. The van der Waals surface area contributed by atoms with Crippen LogP contribution in [0.4, 0.5) is 16.2 Å². The molecule has 4 aromatic carbocycles. The molecule has 3 atom stereocenters. The summed E-state index contributed by atoms with van der Waals surface area (Å²) in [6, 6.07) is 29.3. The Hall–Kier alpha value is -5.06. The zero-order valence-corrected chi connectivity index (χ0v) is 27.9. The van der Waals surface area contributed by atoms with Gasteiger partial charge in [-0.25, -0.2) is 4.79 Å². The van der Waals surface area contributed by atoms with Gasteiger partial charge >= 0.3 is 6.03 Å². The number of anilines is 2. The molecule has 10 heteroatoms. The van der Waals surface area contributed by atoms with Crippen LogP contribution < -0.4 is 24.8 Å². The van der Waals surface area contributed by atoms with Crippen molar-refractivity contribution in [1.82, 2.24) is 9.80 Å². The Kier molecular flexibility index (Phi) is 11.5. The number of carbonyl (C=O) groups excluding carboxylic acids is 2. The minimum atomic E-state index is -0.418. The number of nitrogens with one attached hydrogen (secondary N) is 2. The first-order valence-corrected chi connectivity index (χ1v) is 16.1. The first-order chi connectivity index (χ1) is 23.2. The molecule has 0 spiro atoms. The molecule has 0 bridgehead atoms. The Balaban J connectivity index is 1.29. The Labute approximate surface area is 282 Å². The highest BCUT2D eigenvalue weighted by Gasteiger charge is 2.31. The topological polar surface area (TPSA) is 113 Å². The van der Waals surface area contributed by atoms with E-state index in [1.54, 1.807) is 48.4 Å². The van der Waals surface area contributed by atoms with E-state index >= 15 is 0 Å². The Morgan fingerprint density at radius 2 is 1.60 bits per heavy atom. The van der Waals surface area contributed by atoms with Crippen LogP contribution in [-0.4, -0.2) is 72.8 Å². The predicted octanol–water partition coefficient (Wildman–Crippen LogP) is 6.41. The zero-order valence-electron chi connectivity index (χ0n) is 27.9. The number of nitrogens with zero attached hydrogens (tertiary/aromatic N) is 2. The quantitative estimate of drug-likeness (QED) is 0.172. The molecule has 252 valence electrons. The number of hydrogen-bond donors (Lipinski definition) is 3. The second-order valence-corrected chi connectivity index (χ2v) is 12.3. The van der Waals surface area contributed by atoms with Gasteiger partial charge in [0.25, 0.3) is 0 Å². The second kappa shape index (κ2) is 16.2. The van der Waals surface area contributed by atoms with E-state index in [-0.39, 0.29) is 37.0 Å². The van der Waals surface area contributed by atoms with Crippen LogP contribution in [0.3, 0.4) is 0 Å². The molecule has 10 nitrogen and oxygen atoms in total. The van der Waals surface area contributed by atoms with Gasteiger partial charge in [-0.05, 0) is 86.3 Å². The molecule has 0 radical (unpaired) electrons. The first-order valence-electron chi connectivity index (χ1n) is 16.1. The number of aliphatic hydroxyl groups excluding tert-OH is 1. The van der Waals surface area contributed by atoms with Crippen molar-refractivity contribution in [1.29, 1.82) is 0 Å². The molecule has 0 fully saturated rings. The number of aliphatic hydroxyl groups is 1. The minimum absolute atomic E-state index is 0.0360. The third-order valence-corrected chi connectivity index (χ3v) is 8.37. The van der Waals surface area contributed by atoms with Crippen LogP contribution in [-0.2, 0) is 17.8 Å². The summed E-state index contributed by atoms with van der Waals surface area (Å²) in [6.45, 7) is 5.50. The highest BCUT2D eigenvalue weighted by atomic mass is 16.5. The molecule has 0 aliphatic carbocycles. The number of para-hydroxylation sites is 1. The number of hydrogen-bond acceptors (Lipinski definition) is 7. The molecule has 0 aromatic heterocycles. The van der Waals surface area contributed by atoms with Crippen molar-refractivity contribution in [3.05, 3.63) is 108 Å². The van der Waals surface area contributed by atoms with Crippen molar-refractivity contribution >= 4 is 23.3 Å². The molecule has 3 N–H and O–H groups in total. The van der Waals surface area contributed by atoms with E-state index < -0.39 is 6.03 Å². The third kappa shape index (κ3) is 9.27. The van der Waals surface area contributed by atoms with Crippen LogP contribution in [0.1, 0.15) is 25.0 Å². The van der Waals surface area contributed by atoms with E-state index in [0.717, 1.165) is 17.1 Å². The number of rotatable bonds is 11. The van der Waals surface area contributed by atoms with Gasteiger partial charge in [0, 0.05) is 42.5 Å². The minimum Gasteiger partial charge on any atom is -0.497 e. The van der Waals surface area contributed by atoms with Gasteiger partial charge in [0.1, 0.15) is 29.1 Å². The number of urea groups is 1. The largest absolute Gasteiger partial charge is 0.497 e. The summed E-state index contributed by atoms with van der Waals surface area (Å²) in [5.74, 6) is 2.69. The summed E-state index contributed by atoms with van der Waals surface area (Å²) in [5.41, 5.74) is 2.93. The number of benzene rings is 4. The molecule has 5 rings (SSSR count). The number of ether oxygens (including phenoxy) is 3. The SMILES string of the molecule is COc1ccc(NC(=O)Nc2ccc3c(c2)CC(=O)N([C@@H](C)CO)C[C@@H](C)[C@H](CN(C)Cc2ccc(Oc4ccccc4)cc2)O3)cc1. The highest BCUT2D eigenvalue weighted by Crippen LogP contribution is 2.30. The predicted molar refractivity (Wildman–Crippen MR) is 187 cm³/mol. The number of fused-ring (bicyclic) bond motifs is 1. The number of carbonyl (C=O) groups is 2. The fourth-order valence-electron chi connectivity index (χ4n) is 5.66. The zero-order chi connectivity index (χ0) is 34.0. The second-order valence-electron chi connectivity index (χ2n) is 12.3. The number of methoxy groups -OCH3 is 1. The summed E-state index contributed by atoms with van der Waals surface area (Å²) < 4.78 is 17.8. The van der Waals surface area contributed by atoms with Crippen molar-refractivity contribution < 1.29 is 28.9 Å². The molecule has 4 aromatic rings. The molecule has 48 heavy (non-hydrogen) atoms. The molecule has 0 saturated heterocycles. The highest BCUT2D eigenvalue weighted by molar-refractivity contribution is 6.00. The fourth-order valence-corrected chi connectivity index (χ4v) is 5.66. The van der Waals surface area contributed by atoms with Gasteiger partial charge in [-0.15, -0.1) is 0 Å². The molecular formula is C38H44N4O6. The van der Waals surface area contributed by atoms with Crippen LogP contribution in [0.25, 0.3) is 0 Å². The van der Waals surface area contributed by atoms with Gasteiger partial charge in [-0.2, -0.15) is 0 Å². The van der Waals surface area contributed by atoms with Gasteiger partial charge in [-0.3, -0.25) is 9.69 Å². The maximum atomic E-state index is 13.6. The normalized spacial score (nSPS) is 16.9. The average Bonchev–Trinajstić information content (AvgIpc) is 3.13. The van der Waals surface area contributed by atoms with Crippen molar-refractivity contribution in [3.63, 3.8) is 0 Å². The molecule has 0 unspecified atom stereocenters. The molecule has 1 heterocycles. The maximum Gasteiger partial charge on any atom is 0.323 e. The molecule has 3 amide bonds. The van der Waals surface area contributed by atoms with E-state index in [1.807, 2.05) is 62.5 Å². The number of amides is 3. The Bertz CT molecular complexity index is 1650. The lowest BCUT2D eigenvalue weighted by Gasteiger charge is -2.34. The maximum absolute atomic E-state index is 13.6. The van der Waals surface area contributed by atoms with E-state index in [1.165, 1.54) is 0 Å². The smallest absolute Gasteiger partial charge is 0.323 e. The standard InChI is InChI=1S/C38H44N4O6/c1-26-22-42(27(2)25-43)37(44)21-29-20-31(40-38(45)39-30-12-17-32(46-4)18-13-30)14-19-35(29)48-36(26)24-41(3)23-28-10-15-34(16-11-28)47-33-8-6-5-7-9-33/h5-20,26-27,36,43H,21-25H2,1-4H3,(H2,39,40,45)/t26-,27+,36+/m1/s1. The lowest BCUT2D eigenvalue weighted by atomic mass is 10.0. The fraction of sp³-hybridized carbons (Fsp3) is 0.316. The number of likely N-dealkylation sites (N-methyl/N-ethyl adjacent to an activating group) is 1. The Morgan fingerprint density at radius 1 is 0.958 bits per heavy atom. The monoisotopic (exact) mass is 652 g/mol. The van der Waals surface area contributed by atoms with Crippen LogP contribution in [0.5, 0.6) is 23.0 Å². The van der Waals surface area contributed by atoms with Gasteiger partial charge < -0.3 is 34.9 Å². The van der Waals surface area contributed by atoms with Crippen LogP contribution in [0.15, 0.2) is 97.1 Å². The molecule has 1 aliphatic heterocycles. The van der Waals surface area contributed by atoms with Gasteiger partial charge in [0.05, 0.1) is 26.2 Å². The third-order valence-electron chi connectivity index (χ3n) is 8.37. The summed E-state index contributed by atoms with van der Waals surface area (Å²) in [5, 5.41) is 15.7. The first kappa shape index (κ1) is 34.3. The van der Waals surface area contributed by atoms with Crippen molar-refractivity contribution in [3.8, 4) is 23.0 Å². The Morgan fingerprint density at radius 3 is 2.29 bits per heavy atom. The lowest BCUT2D eigenvalue weighted by molar-refractivity contribution is -0.134. The van der Waals surface area contributed by atoms with E-state index in [9.17, 15) is 14.7 Å². The van der Waals surface area contributed by atoms with Crippen molar-refractivity contribution in [2.24, 2.45) is 5.92 Å². The molecule has 1 aliphatic rings.